The zero-order chi connectivity index (χ0) is 10.9. The minimum absolute atomic E-state index is 0.169. The summed E-state index contributed by atoms with van der Waals surface area (Å²) < 4.78 is 0. The molecule has 15 heavy (non-hydrogen) atoms. The molecule has 2 atom stereocenters. The van der Waals surface area contributed by atoms with Gasteiger partial charge in [-0.1, -0.05) is 30.3 Å². The molecule has 0 bridgehead atoms. The molecule has 1 aromatic carbocycles. The SMILES string of the molecule is O=C1C=C[C@@](O)(CO)C1c1ccccc1. The van der Waals surface area contributed by atoms with Crippen molar-refractivity contribution in [1.82, 2.24) is 0 Å². The molecule has 0 saturated heterocycles. The van der Waals surface area contributed by atoms with Crippen molar-refractivity contribution >= 4 is 5.78 Å². The fourth-order valence-electron chi connectivity index (χ4n) is 1.91. The Morgan fingerprint density at radius 2 is 1.93 bits per heavy atom. The molecule has 78 valence electrons. The van der Waals surface area contributed by atoms with Crippen LogP contribution in [0.2, 0.25) is 0 Å². The van der Waals surface area contributed by atoms with E-state index >= 15 is 0 Å². The molecular formula is C12H12O3. The van der Waals surface area contributed by atoms with Gasteiger partial charge in [-0.2, -0.15) is 0 Å². The van der Waals surface area contributed by atoms with Gasteiger partial charge in [-0.3, -0.25) is 4.79 Å². The van der Waals surface area contributed by atoms with E-state index in [2.05, 4.69) is 0 Å². The molecule has 0 amide bonds. The molecule has 1 unspecified atom stereocenters. The minimum atomic E-state index is -1.45. The van der Waals surface area contributed by atoms with Gasteiger partial charge in [0, 0.05) is 0 Å². The molecule has 2 rings (SSSR count). The number of benzene rings is 1. The normalized spacial score (nSPS) is 29.7. The number of carbonyl (C=O) groups excluding carboxylic acids is 1. The number of ketones is 1. The van der Waals surface area contributed by atoms with Crippen molar-refractivity contribution in [3.05, 3.63) is 48.0 Å². The van der Waals surface area contributed by atoms with Gasteiger partial charge < -0.3 is 10.2 Å². The van der Waals surface area contributed by atoms with Crippen molar-refractivity contribution in [3.63, 3.8) is 0 Å². The highest BCUT2D eigenvalue weighted by Crippen LogP contribution is 2.35. The molecule has 3 nitrogen and oxygen atoms in total. The van der Waals surface area contributed by atoms with Crippen LogP contribution >= 0.6 is 0 Å². The maximum absolute atomic E-state index is 11.6. The first-order valence-corrected chi connectivity index (χ1v) is 4.78. The van der Waals surface area contributed by atoms with Crippen LogP contribution in [-0.2, 0) is 4.79 Å². The summed E-state index contributed by atoms with van der Waals surface area (Å²) in [6.07, 6.45) is 2.70. The Morgan fingerprint density at radius 3 is 2.53 bits per heavy atom. The van der Waals surface area contributed by atoms with E-state index in [1.165, 1.54) is 12.2 Å². The molecule has 3 heteroatoms. The maximum Gasteiger partial charge on any atom is 0.166 e. The summed E-state index contributed by atoms with van der Waals surface area (Å²) in [6, 6.07) is 9.00. The summed E-state index contributed by atoms with van der Waals surface area (Å²) in [5.74, 6) is -0.846. The van der Waals surface area contributed by atoms with E-state index < -0.39 is 18.1 Å². The van der Waals surface area contributed by atoms with Gasteiger partial charge in [0.1, 0.15) is 5.60 Å². The van der Waals surface area contributed by atoms with Crippen molar-refractivity contribution in [2.45, 2.75) is 11.5 Å². The number of carbonyl (C=O) groups is 1. The topological polar surface area (TPSA) is 57.5 Å². The van der Waals surface area contributed by atoms with Gasteiger partial charge in [-0.25, -0.2) is 0 Å². The number of aliphatic hydroxyl groups excluding tert-OH is 1. The number of allylic oxidation sites excluding steroid dienone is 1. The van der Waals surface area contributed by atoms with Gasteiger partial charge in [0.2, 0.25) is 0 Å². The first-order valence-electron chi connectivity index (χ1n) is 4.78. The van der Waals surface area contributed by atoms with Gasteiger partial charge >= 0.3 is 0 Å². The van der Waals surface area contributed by atoms with Crippen molar-refractivity contribution in [2.24, 2.45) is 0 Å². The van der Waals surface area contributed by atoms with Gasteiger partial charge in [0.15, 0.2) is 5.78 Å². The smallest absolute Gasteiger partial charge is 0.166 e. The fraction of sp³-hybridized carbons (Fsp3) is 0.250. The first-order chi connectivity index (χ1) is 7.17. The molecule has 0 fully saturated rings. The average Bonchev–Trinajstić information content (AvgIpc) is 2.57. The lowest BCUT2D eigenvalue weighted by Gasteiger charge is -2.26. The van der Waals surface area contributed by atoms with E-state index in [4.69, 9.17) is 5.11 Å². The van der Waals surface area contributed by atoms with Crippen molar-refractivity contribution in [2.75, 3.05) is 6.61 Å². The van der Waals surface area contributed by atoms with Gasteiger partial charge in [-0.05, 0) is 17.7 Å². The van der Waals surface area contributed by atoms with Gasteiger partial charge in [0.25, 0.3) is 0 Å². The maximum atomic E-state index is 11.6. The Kier molecular flexibility index (Phi) is 2.42. The molecule has 0 heterocycles. The van der Waals surface area contributed by atoms with Crippen LogP contribution in [-0.4, -0.2) is 28.2 Å². The van der Waals surface area contributed by atoms with E-state index in [1.54, 1.807) is 24.3 Å². The van der Waals surface area contributed by atoms with Gasteiger partial charge in [0.05, 0.1) is 12.5 Å². The predicted molar refractivity (Wildman–Crippen MR) is 55.4 cm³/mol. The Hall–Kier alpha value is -1.45. The van der Waals surface area contributed by atoms with Crippen LogP contribution in [0.5, 0.6) is 0 Å². The lowest BCUT2D eigenvalue weighted by Crippen LogP contribution is -2.37. The largest absolute Gasteiger partial charge is 0.393 e. The fourth-order valence-corrected chi connectivity index (χ4v) is 1.91. The molecule has 1 aliphatic carbocycles. The zero-order valence-corrected chi connectivity index (χ0v) is 8.13. The second-order valence-electron chi connectivity index (χ2n) is 3.73. The highest BCUT2D eigenvalue weighted by atomic mass is 16.3. The molecule has 0 aliphatic heterocycles. The first kappa shape index (κ1) is 10.1. The summed E-state index contributed by atoms with van der Waals surface area (Å²) in [5, 5.41) is 19.1. The molecule has 0 saturated carbocycles. The molecular weight excluding hydrogens is 192 g/mol. The average molecular weight is 204 g/mol. The van der Waals surface area contributed by atoms with E-state index in [-0.39, 0.29) is 5.78 Å². The van der Waals surface area contributed by atoms with E-state index in [0.29, 0.717) is 0 Å². The summed E-state index contributed by atoms with van der Waals surface area (Å²) in [4.78, 5) is 11.6. The Balaban J connectivity index is 2.41. The Morgan fingerprint density at radius 1 is 1.27 bits per heavy atom. The van der Waals surface area contributed by atoms with Crippen LogP contribution in [0.25, 0.3) is 0 Å². The highest BCUT2D eigenvalue weighted by Gasteiger charge is 2.43. The van der Waals surface area contributed by atoms with E-state index in [0.717, 1.165) is 5.56 Å². The van der Waals surface area contributed by atoms with Crippen LogP contribution in [0, 0.1) is 0 Å². The number of rotatable bonds is 2. The molecule has 1 aliphatic rings. The number of hydrogen-bond donors (Lipinski definition) is 2. The van der Waals surface area contributed by atoms with Crippen LogP contribution in [0.1, 0.15) is 11.5 Å². The van der Waals surface area contributed by atoms with Gasteiger partial charge in [-0.15, -0.1) is 0 Å². The molecule has 2 N–H and O–H groups in total. The monoisotopic (exact) mass is 204 g/mol. The Labute approximate surface area is 87.7 Å². The second-order valence-corrected chi connectivity index (χ2v) is 3.73. The lowest BCUT2D eigenvalue weighted by atomic mass is 9.84. The lowest BCUT2D eigenvalue weighted by molar-refractivity contribution is -0.119. The highest BCUT2D eigenvalue weighted by molar-refractivity contribution is 5.99. The van der Waals surface area contributed by atoms with Crippen LogP contribution in [0.15, 0.2) is 42.5 Å². The second kappa shape index (κ2) is 3.61. The van der Waals surface area contributed by atoms with E-state index in [9.17, 15) is 9.90 Å². The molecule has 1 aromatic rings. The molecule has 0 aromatic heterocycles. The predicted octanol–water partition coefficient (Wildman–Crippen LogP) is 0.632. The minimum Gasteiger partial charge on any atom is -0.393 e. The summed E-state index contributed by atoms with van der Waals surface area (Å²) in [7, 11) is 0. The third-order valence-electron chi connectivity index (χ3n) is 2.71. The zero-order valence-electron chi connectivity index (χ0n) is 8.13. The van der Waals surface area contributed by atoms with Crippen molar-refractivity contribution in [1.29, 1.82) is 0 Å². The van der Waals surface area contributed by atoms with Crippen molar-refractivity contribution < 1.29 is 15.0 Å². The third-order valence-corrected chi connectivity index (χ3v) is 2.71. The summed E-state index contributed by atoms with van der Waals surface area (Å²) in [6.45, 7) is -0.450. The summed E-state index contributed by atoms with van der Waals surface area (Å²) in [5.41, 5.74) is -0.720. The molecule has 0 radical (unpaired) electrons. The van der Waals surface area contributed by atoms with Crippen LogP contribution in [0.4, 0.5) is 0 Å². The summed E-state index contributed by atoms with van der Waals surface area (Å²) >= 11 is 0. The van der Waals surface area contributed by atoms with Crippen LogP contribution in [0.3, 0.4) is 0 Å². The number of aliphatic hydroxyl groups is 2. The molecule has 0 spiro atoms. The Bertz CT molecular complexity index is 397. The van der Waals surface area contributed by atoms with Crippen LogP contribution < -0.4 is 0 Å². The third kappa shape index (κ3) is 1.60. The quantitative estimate of drug-likeness (QED) is 0.743. The van der Waals surface area contributed by atoms with Crippen molar-refractivity contribution in [3.8, 4) is 0 Å². The number of hydrogen-bond acceptors (Lipinski definition) is 3. The van der Waals surface area contributed by atoms with E-state index in [1.807, 2.05) is 6.07 Å². The standard InChI is InChI=1S/C12H12O3/c13-8-12(15)7-6-10(14)11(12)9-4-2-1-3-5-9/h1-7,11,13,15H,8H2/t11?,12-/m1/s1.